The number of hydrogen-bond donors (Lipinski definition) is 0. The zero-order valence-corrected chi connectivity index (χ0v) is 23.4. The maximum absolute atomic E-state index is 9.66. The van der Waals surface area contributed by atoms with E-state index >= 15 is 0 Å². The van der Waals surface area contributed by atoms with E-state index in [1.54, 1.807) is 18.2 Å². The minimum Gasteiger partial charge on any atom is -0.319 e. The molecule has 6 aromatic carbocycles. The second-order valence-corrected chi connectivity index (χ2v) is 10.7. The van der Waals surface area contributed by atoms with Crippen LogP contribution < -0.4 is 0 Å². The molecule has 5 nitrogen and oxygen atoms in total. The maximum atomic E-state index is 9.66. The van der Waals surface area contributed by atoms with E-state index in [-0.39, 0.29) is 0 Å². The lowest BCUT2D eigenvalue weighted by molar-refractivity contribution is 1.18. The van der Waals surface area contributed by atoms with Crippen molar-refractivity contribution in [1.29, 1.82) is 5.26 Å². The molecular weight excluding hydrogens is 538 g/mol. The summed E-state index contributed by atoms with van der Waals surface area (Å²) in [5.74, 6) is 0. The number of fused-ring (bicyclic) bond motifs is 6. The highest BCUT2D eigenvalue weighted by Gasteiger charge is 2.19. The molecule has 0 N–H and O–H groups in total. The van der Waals surface area contributed by atoms with Gasteiger partial charge in [-0.05, 0) is 53.6 Å². The summed E-state index contributed by atoms with van der Waals surface area (Å²) in [5, 5.41) is 14.1. The Morgan fingerprint density at radius 1 is 0.568 bits per heavy atom. The SMILES string of the molecule is [C-]#[N+]c1cccc(-n2c3ccccc3c3ccc(-c4cccc5c4c4ccccc4n5-c4cc(C#N)ccc4[N+]#[C-])cc32)c1. The first-order valence-electron chi connectivity index (χ1n) is 14.2. The van der Waals surface area contributed by atoms with E-state index in [1.165, 1.54) is 0 Å². The summed E-state index contributed by atoms with van der Waals surface area (Å²) in [6.07, 6.45) is 0. The lowest BCUT2D eigenvalue weighted by atomic mass is 9.98. The summed E-state index contributed by atoms with van der Waals surface area (Å²) >= 11 is 0. The van der Waals surface area contributed by atoms with Gasteiger partial charge in [0.2, 0.25) is 5.69 Å². The lowest BCUT2D eigenvalue weighted by Crippen LogP contribution is -1.95. The minimum absolute atomic E-state index is 0.490. The summed E-state index contributed by atoms with van der Waals surface area (Å²) < 4.78 is 4.34. The van der Waals surface area contributed by atoms with E-state index in [9.17, 15) is 5.26 Å². The second kappa shape index (κ2) is 9.74. The molecule has 0 bridgehead atoms. The third-order valence-corrected chi connectivity index (χ3v) is 8.37. The zero-order chi connectivity index (χ0) is 29.8. The van der Waals surface area contributed by atoms with Crippen molar-refractivity contribution in [3.63, 3.8) is 0 Å². The molecule has 202 valence electrons. The number of benzene rings is 6. The average Bonchev–Trinajstić information content (AvgIpc) is 3.60. The van der Waals surface area contributed by atoms with Crippen molar-refractivity contribution >= 4 is 55.0 Å². The van der Waals surface area contributed by atoms with Gasteiger partial charge in [0.05, 0.1) is 52.5 Å². The highest BCUT2D eigenvalue weighted by atomic mass is 15.0. The molecule has 0 aliphatic heterocycles. The molecule has 2 heterocycles. The van der Waals surface area contributed by atoms with Crippen molar-refractivity contribution < 1.29 is 0 Å². The van der Waals surface area contributed by atoms with Gasteiger partial charge in [0.25, 0.3) is 0 Å². The zero-order valence-electron chi connectivity index (χ0n) is 23.4. The first kappa shape index (κ1) is 25.1. The Kier molecular flexibility index (Phi) is 5.56. The van der Waals surface area contributed by atoms with Crippen LogP contribution in [0.1, 0.15) is 5.56 Å². The van der Waals surface area contributed by atoms with Crippen LogP contribution in [0.15, 0.2) is 127 Å². The number of nitrogens with zero attached hydrogens (tertiary/aromatic N) is 5. The summed E-state index contributed by atoms with van der Waals surface area (Å²) in [6.45, 7) is 15.4. The van der Waals surface area contributed by atoms with Gasteiger partial charge in [0.15, 0.2) is 5.69 Å². The summed E-state index contributed by atoms with van der Waals surface area (Å²) in [7, 11) is 0. The van der Waals surface area contributed by atoms with Crippen LogP contribution in [-0.4, -0.2) is 9.13 Å². The molecule has 2 aromatic heterocycles. The van der Waals surface area contributed by atoms with Crippen molar-refractivity contribution in [2.45, 2.75) is 0 Å². The first-order valence-corrected chi connectivity index (χ1v) is 14.2. The normalized spacial score (nSPS) is 11.1. The van der Waals surface area contributed by atoms with Gasteiger partial charge in [-0.3, -0.25) is 0 Å². The predicted molar refractivity (Wildman–Crippen MR) is 178 cm³/mol. The van der Waals surface area contributed by atoms with E-state index in [1.807, 2.05) is 42.5 Å². The molecule has 0 saturated heterocycles. The third kappa shape index (κ3) is 3.63. The van der Waals surface area contributed by atoms with Crippen LogP contribution in [0, 0.1) is 24.5 Å². The van der Waals surface area contributed by atoms with Gasteiger partial charge < -0.3 is 9.13 Å². The quantitative estimate of drug-likeness (QED) is 0.199. The molecule has 0 aliphatic rings. The second-order valence-electron chi connectivity index (χ2n) is 10.7. The maximum Gasteiger partial charge on any atom is 0.210 e. The standard InChI is InChI=1S/C39H21N5/c1-41-27-9-7-10-28(23-27)43-34-14-5-3-11-30(34)31-19-18-26(22-37(31)43)29-13-8-16-36-39(29)32-12-4-6-15-35(32)44(36)38-21-25(24-40)17-20-33(38)42-2/h3-23H. The van der Waals surface area contributed by atoms with Gasteiger partial charge >= 0.3 is 0 Å². The Bertz CT molecular complexity index is 2600. The molecule has 0 atom stereocenters. The van der Waals surface area contributed by atoms with E-state index < -0.39 is 0 Å². The van der Waals surface area contributed by atoms with Gasteiger partial charge in [-0.2, -0.15) is 5.26 Å². The number of hydrogen-bond acceptors (Lipinski definition) is 1. The Labute approximate surface area is 253 Å². The number of rotatable bonds is 3. The van der Waals surface area contributed by atoms with Gasteiger partial charge in [-0.15, -0.1) is 0 Å². The van der Waals surface area contributed by atoms with Crippen molar-refractivity contribution in [2.75, 3.05) is 0 Å². The van der Waals surface area contributed by atoms with Crippen molar-refractivity contribution in [3.8, 4) is 28.6 Å². The fourth-order valence-corrected chi connectivity index (χ4v) is 6.50. The Hall–Kier alpha value is -6.61. The summed E-state index contributed by atoms with van der Waals surface area (Å²) in [6, 6.07) is 44.7. The molecule has 0 unspecified atom stereocenters. The Morgan fingerprint density at radius 3 is 2.09 bits per heavy atom. The van der Waals surface area contributed by atoms with E-state index in [0.29, 0.717) is 22.6 Å². The van der Waals surface area contributed by atoms with Crippen LogP contribution in [0.2, 0.25) is 0 Å². The van der Waals surface area contributed by atoms with E-state index in [0.717, 1.165) is 60.4 Å². The fourth-order valence-electron chi connectivity index (χ4n) is 6.50. The lowest BCUT2D eigenvalue weighted by Gasteiger charge is -2.12. The van der Waals surface area contributed by atoms with Crippen molar-refractivity contribution in [2.24, 2.45) is 0 Å². The molecule has 0 fully saturated rings. The highest BCUT2D eigenvalue weighted by molar-refractivity contribution is 6.17. The molecular formula is C39H21N5. The van der Waals surface area contributed by atoms with Crippen LogP contribution in [-0.2, 0) is 0 Å². The largest absolute Gasteiger partial charge is 0.319 e. The fraction of sp³-hybridized carbons (Fsp3) is 0. The van der Waals surface area contributed by atoms with Crippen molar-refractivity contribution in [3.05, 3.63) is 156 Å². The number of aromatic nitrogens is 2. The molecule has 0 aliphatic carbocycles. The Morgan fingerprint density at radius 2 is 1.30 bits per heavy atom. The van der Waals surface area contributed by atoms with Crippen LogP contribution >= 0.6 is 0 Å². The molecule has 8 rings (SSSR count). The summed E-state index contributed by atoms with van der Waals surface area (Å²) in [5.41, 5.74) is 9.46. The number of para-hydroxylation sites is 2. The van der Waals surface area contributed by atoms with Gasteiger partial charge in [0.1, 0.15) is 0 Å². The average molecular weight is 560 g/mol. The molecule has 0 saturated carbocycles. The topological polar surface area (TPSA) is 42.4 Å². The molecule has 0 spiro atoms. The third-order valence-electron chi connectivity index (χ3n) is 8.37. The van der Waals surface area contributed by atoms with Crippen LogP contribution in [0.25, 0.3) is 75.8 Å². The molecule has 0 radical (unpaired) electrons. The van der Waals surface area contributed by atoms with Gasteiger partial charge in [0, 0.05) is 27.2 Å². The van der Waals surface area contributed by atoms with E-state index in [2.05, 4.69) is 91.6 Å². The highest BCUT2D eigenvalue weighted by Crippen LogP contribution is 2.42. The van der Waals surface area contributed by atoms with Crippen LogP contribution in [0.3, 0.4) is 0 Å². The van der Waals surface area contributed by atoms with Crippen LogP contribution in [0.5, 0.6) is 0 Å². The van der Waals surface area contributed by atoms with E-state index in [4.69, 9.17) is 13.1 Å². The predicted octanol–water partition coefficient (Wildman–Crippen LogP) is 10.5. The molecule has 0 amide bonds. The molecule has 5 heteroatoms. The monoisotopic (exact) mass is 559 g/mol. The minimum atomic E-state index is 0.490. The van der Waals surface area contributed by atoms with Gasteiger partial charge in [-0.25, -0.2) is 9.69 Å². The van der Waals surface area contributed by atoms with Crippen LogP contribution in [0.4, 0.5) is 11.4 Å². The smallest absolute Gasteiger partial charge is 0.210 e. The molecule has 8 aromatic rings. The first-order chi connectivity index (χ1) is 21.7. The van der Waals surface area contributed by atoms with Gasteiger partial charge in [-0.1, -0.05) is 84.9 Å². The number of nitriles is 1. The van der Waals surface area contributed by atoms with Crippen molar-refractivity contribution in [1.82, 2.24) is 9.13 Å². The molecule has 44 heavy (non-hydrogen) atoms. The Balaban J connectivity index is 1.45. The summed E-state index contributed by atoms with van der Waals surface area (Å²) in [4.78, 5) is 7.48.